The Labute approximate surface area is 183 Å². The molecule has 0 fully saturated rings. The molecule has 2 aromatic carbocycles. The number of hydrogen-bond acceptors (Lipinski definition) is 5. The average Bonchev–Trinajstić information content (AvgIpc) is 3.15. The molecule has 3 aromatic rings. The Morgan fingerprint density at radius 1 is 1.00 bits per heavy atom. The van der Waals surface area contributed by atoms with Crippen molar-refractivity contribution in [2.24, 2.45) is 11.1 Å². The molecule has 31 heavy (non-hydrogen) atoms. The standard InChI is InChI=1S/C26H28N4O/c1-25(2,3)9-8-17-4-6-22-20(10-17)26(12-24(27)30-15-26)21-11-18(5-7-23(21)31-22)19-13-28-16-29-14-19/h4-7,10-14,16,30H,8-9,15,27H2,1-3H3. The van der Waals surface area contributed by atoms with Gasteiger partial charge in [-0.25, -0.2) is 9.97 Å². The molecule has 0 radical (unpaired) electrons. The van der Waals surface area contributed by atoms with Crippen LogP contribution in [0.25, 0.3) is 11.1 Å². The van der Waals surface area contributed by atoms with Crippen LogP contribution in [-0.2, 0) is 11.8 Å². The first-order chi connectivity index (χ1) is 14.8. The second kappa shape index (κ2) is 7.12. The van der Waals surface area contributed by atoms with Gasteiger partial charge in [0.2, 0.25) is 0 Å². The minimum absolute atomic E-state index is 0.294. The van der Waals surface area contributed by atoms with Crippen molar-refractivity contribution < 1.29 is 4.74 Å². The number of hydrogen-bond donors (Lipinski definition) is 2. The second-order valence-electron chi connectivity index (χ2n) is 9.76. The summed E-state index contributed by atoms with van der Waals surface area (Å²) in [6.45, 7) is 7.56. The Morgan fingerprint density at radius 3 is 2.39 bits per heavy atom. The van der Waals surface area contributed by atoms with Crippen LogP contribution in [0.2, 0.25) is 0 Å². The molecule has 2 aliphatic heterocycles. The number of fused-ring (bicyclic) bond motifs is 4. The molecular weight excluding hydrogens is 384 g/mol. The predicted octanol–water partition coefficient (Wildman–Crippen LogP) is 4.92. The van der Waals surface area contributed by atoms with Crippen LogP contribution >= 0.6 is 0 Å². The van der Waals surface area contributed by atoms with Crippen LogP contribution in [0, 0.1) is 5.41 Å². The summed E-state index contributed by atoms with van der Waals surface area (Å²) in [5.74, 6) is 2.46. The van der Waals surface area contributed by atoms with Crippen LogP contribution in [0.5, 0.6) is 11.5 Å². The average molecular weight is 413 g/mol. The van der Waals surface area contributed by atoms with E-state index >= 15 is 0 Å². The molecule has 0 saturated carbocycles. The molecule has 0 amide bonds. The maximum absolute atomic E-state index is 6.36. The maximum Gasteiger partial charge on any atom is 0.131 e. The van der Waals surface area contributed by atoms with E-state index in [1.165, 1.54) is 11.1 Å². The van der Waals surface area contributed by atoms with Crippen molar-refractivity contribution in [1.82, 2.24) is 15.3 Å². The van der Waals surface area contributed by atoms with E-state index in [9.17, 15) is 0 Å². The van der Waals surface area contributed by atoms with E-state index in [-0.39, 0.29) is 5.41 Å². The summed E-state index contributed by atoms with van der Waals surface area (Å²) < 4.78 is 6.36. The Hall–Kier alpha value is -3.34. The van der Waals surface area contributed by atoms with Gasteiger partial charge in [-0.1, -0.05) is 39.0 Å². The lowest BCUT2D eigenvalue weighted by Gasteiger charge is -2.36. The van der Waals surface area contributed by atoms with Crippen molar-refractivity contribution in [2.45, 2.75) is 39.0 Å². The molecule has 158 valence electrons. The van der Waals surface area contributed by atoms with Gasteiger partial charge in [-0.3, -0.25) is 0 Å². The van der Waals surface area contributed by atoms with E-state index in [1.807, 2.05) is 18.5 Å². The van der Waals surface area contributed by atoms with E-state index in [0.29, 0.717) is 17.8 Å². The molecule has 5 rings (SSSR count). The quantitative estimate of drug-likeness (QED) is 0.639. The summed E-state index contributed by atoms with van der Waals surface area (Å²) in [6.07, 6.45) is 9.53. The van der Waals surface area contributed by atoms with Crippen LogP contribution in [0.15, 0.2) is 67.0 Å². The highest BCUT2D eigenvalue weighted by atomic mass is 16.5. The van der Waals surface area contributed by atoms with Crippen LogP contribution in [0.1, 0.15) is 43.9 Å². The number of rotatable bonds is 3. The second-order valence-corrected chi connectivity index (χ2v) is 9.76. The Morgan fingerprint density at radius 2 is 1.71 bits per heavy atom. The Bertz CT molecular complexity index is 1160. The Kier molecular flexibility index (Phi) is 4.50. The smallest absolute Gasteiger partial charge is 0.131 e. The van der Waals surface area contributed by atoms with Gasteiger partial charge in [0.25, 0.3) is 0 Å². The first kappa shape index (κ1) is 19.6. The van der Waals surface area contributed by atoms with Crippen LogP contribution in [0.3, 0.4) is 0 Å². The third-order valence-electron chi connectivity index (χ3n) is 6.24. The van der Waals surface area contributed by atoms with E-state index in [1.54, 1.807) is 6.33 Å². The zero-order chi connectivity index (χ0) is 21.6. The van der Waals surface area contributed by atoms with E-state index in [2.05, 4.69) is 72.5 Å². The largest absolute Gasteiger partial charge is 0.457 e. The van der Waals surface area contributed by atoms with E-state index in [0.717, 1.165) is 41.0 Å². The first-order valence-corrected chi connectivity index (χ1v) is 10.8. The molecule has 1 atom stereocenters. The summed E-state index contributed by atoms with van der Waals surface area (Å²) in [7, 11) is 0. The highest BCUT2D eigenvalue weighted by molar-refractivity contribution is 5.70. The van der Waals surface area contributed by atoms with Gasteiger partial charge < -0.3 is 15.8 Å². The van der Waals surface area contributed by atoms with Gasteiger partial charge in [0.15, 0.2) is 0 Å². The fourth-order valence-corrected chi connectivity index (χ4v) is 4.50. The number of benzene rings is 2. The minimum atomic E-state index is -0.365. The maximum atomic E-state index is 6.36. The summed E-state index contributed by atoms with van der Waals surface area (Å²) in [5.41, 5.74) is 11.8. The third-order valence-corrected chi connectivity index (χ3v) is 6.24. The van der Waals surface area contributed by atoms with Crippen LogP contribution in [0.4, 0.5) is 0 Å². The molecule has 5 heteroatoms. The van der Waals surface area contributed by atoms with Crippen molar-refractivity contribution in [3.8, 4) is 22.6 Å². The fourth-order valence-electron chi connectivity index (χ4n) is 4.50. The molecule has 2 aliphatic rings. The number of nitrogens with two attached hydrogens (primary N) is 1. The normalized spacial score (nSPS) is 19.3. The van der Waals surface area contributed by atoms with Gasteiger partial charge in [-0.15, -0.1) is 0 Å². The number of ether oxygens (including phenoxy) is 1. The lowest BCUT2D eigenvalue weighted by molar-refractivity contribution is 0.377. The lowest BCUT2D eigenvalue weighted by Crippen LogP contribution is -2.34. The van der Waals surface area contributed by atoms with Crippen LogP contribution in [-0.4, -0.2) is 16.5 Å². The predicted molar refractivity (Wildman–Crippen MR) is 123 cm³/mol. The first-order valence-electron chi connectivity index (χ1n) is 10.8. The topological polar surface area (TPSA) is 73.1 Å². The van der Waals surface area contributed by atoms with Crippen molar-refractivity contribution in [2.75, 3.05) is 6.54 Å². The molecule has 0 aliphatic carbocycles. The summed E-state index contributed by atoms with van der Waals surface area (Å²) in [4.78, 5) is 8.35. The fraction of sp³-hybridized carbons (Fsp3) is 0.308. The van der Waals surface area contributed by atoms with Gasteiger partial charge in [0, 0.05) is 35.6 Å². The Balaban J connectivity index is 1.63. The van der Waals surface area contributed by atoms with Gasteiger partial charge in [0.05, 0.1) is 11.2 Å². The van der Waals surface area contributed by atoms with Gasteiger partial charge in [0.1, 0.15) is 17.8 Å². The SMILES string of the molecule is CC(C)(C)CCc1ccc2c(c1)C1(C=C(N)NC1)c1cc(-c3cncnc3)ccc1O2. The molecule has 1 unspecified atom stereocenters. The number of aromatic nitrogens is 2. The van der Waals surface area contributed by atoms with Crippen molar-refractivity contribution in [3.05, 3.63) is 83.7 Å². The highest BCUT2D eigenvalue weighted by Gasteiger charge is 2.44. The van der Waals surface area contributed by atoms with E-state index in [4.69, 9.17) is 10.5 Å². The molecule has 1 aromatic heterocycles. The molecule has 0 saturated heterocycles. The summed E-state index contributed by atoms with van der Waals surface area (Å²) >= 11 is 0. The molecule has 0 bridgehead atoms. The van der Waals surface area contributed by atoms with E-state index < -0.39 is 0 Å². The summed E-state index contributed by atoms with van der Waals surface area (Å²) in [6, 6.07) is 12.9. The zero-order valence-electron chi connectivity index (χ0n) is 18.3. The molecule has 3 heterocycles. The van der Waals surface area contributed by atoms with Crippen molar-refractivity contribution >= 4 is 0 Å². The number of nitrogens with zero attached hydrogens (tertiary/aromatic N) is 2. The van der Waals surface area contributed by atoms with Gasteiger partial charge in [-0.2, -0.15) is 0 Å². The van der Waals surface area contributed by atoms with Crippen molar-refractivity contribution in [1.29, 1.82) is 0 Å². The van der Waals surface area contributed by atoms with Crippen LogP contribution < -0.4 is 15.8 Å². The molecule has 5 nitrogen and oxygen atoms in total. The minimum Gasteiger partial charge on any atom is -0.457 e. The number of nitrogens with one attached hydrogen (secondary N) is 1. The molecule has 3 N–H and O–H groups in total. The monoisotopic (exact) mass is 412 g/mol. The number of aryl methyl sites for hydroxylation is 1. The zero-order valence-corrected chi connectivity index (χ0v) is 18.3. The van der Waals surface area contributed by atoms with Gasteiger partial charge in [-0.05, 0) is 53.7 Å². The molecule has 1 spiro atoms. The van der Waals surface area contributed by atoms with Crippen molar-refractivity contribution in [3.63, 3.8) is 0 Å². The molecular formula is C26H28N4O. The highest BCUT2D eigenvalue weighted by Crippen LogP contribution is 2.51. The third kappa shape index (κ3) is 3.54. The summed E-state index contributed by atoms with van der Waals surface area (Å²) in [5, 5.41) is 3.36. The lowest BCUT2D eigenvalue weighted by atomic mass is 9.72. The van der Waals surface area contributed by atoms with Gasteiger partial charge >= 0.3 is 0 Å².